The fourth-order valence-corrected chi connectivity index (χ4v) is 2.88. The molecule has 0 radical (unpaired) electrons. The molecular formula is C20H13ClN2. The maximum atomic E-state index is 6.36. The molecule has 0 spiro atoms. The van der Waals surface area contributed by atoms with Gasteiger partial charge in [-0.3, -0.25) is 0 Å². The van der Waals surface area contributed by atoms with E-state index in [0.29, 0.717) is 10.8 Å². The number of rotatable bonds is 2. The van der Waals surface area contributed by atoms with E-state index in [1.165, 1.54) is 5.56 Å². The van der Waals surface area contributed by atoms with Crippen LogP contribution in [-0.4, -0.2) is 9.97 Å². The lowest BCUT2D eigenvalue weighted by atomic mass is 10.0. The Hall–Kier alpha value is -2.71. The van der Waals surface area contributed by atoms with Crippen molar-refractivity contribution < 1.29 is 0 Å². The molecule has 4 rings (SSSR count). The highest BCUT2D eigenvalue weighted by Gasteiger charge is 2.10. The molecule has 0 aliphatic carbocycles. The minimum absolute atomic E-state index is 0.425. The normalized spacial score (nSPS) is 10.8. The molecule has 4 aromatic rings. The van der Waals surface area contributed by atoms with E-state index in [9.17, 15) is 0 Å². The zero-order valence-electron chi connectivity index (χ0n) is 12.3. The van der Waals surface area contributed by atoms with Crippen molar-refractivity contribution in [3.05, 3.63) is 84.0 Å². The van der Waals surface area contributed by atoms with Crippen molar-refractivity contribution in [3.8, 4) is 22.4 Å². The Morgan fingerprint density at radius 2 is 1.17 bits per heavy atom. The average molecular weight is 317 g/mol. The summed E-state index contributed by atoms with van der Waals surface area (Å²) in [5.74, 6) is 0. The molecule has 0 N–H and O–H groups in total. The topological polar surface area (TPSA) is 25.8 Å². The molecule has 23 heavy (non-hydrogen) atoms. The monoisotopic (exact) mass is 316 g/mol. The standard InChI is InChI=1S/C20H13ClN2/c21-20-19(22-17-11-4-5-12-18(17)23-20)16-10-6-9-15(13-16)14-7-2-1-3-8-14/h1-13H. The molecule has 0 saturated heterocycles. The van der Waals surface area contributed by atoms with Crippen LogP contribution in [0.3, 0.4) is 0 Å². The summed E-state index contributed by atoms with van der Waals surface area (Å²) >= 11 is 6.36. The number of para-hydroxylation sites is 2. The number of hydrogen-bond acceptors (Lipinski definition) is 2. The highest BCUT2D eigenvalue weighted by molar-refractivity contribution is 6.32. The Morgan fingerprint density at radius 1 is 0.565 bits per heavy atom. The van der Waals surface area contributed by atoms with Crippen molar-refractivity contribution in [1.29, 1.82) is 0 Å². The molecule has 0 bridgehead atoms. The lowest BCUT2D eigenvalue weighted by Crippen LogP contribution is -1.91. The minimum atomic E-state index is 0.425. The van der Waals surface area contributed by atoms with Gasteiger partial charge in [-0.1, -0.05) is 72.3 Å². The Morgan fingerprint density at radius 3 is 1.96 bits per heavy atom. The summed E-state index contributed by atoms with van der Waals surface area (Å²) in [5.41, 5.74) is 5.63. The Labute approximate surface area is 139 Å². The SMILES string of the molecule is Clc1nc2ccccc2nc1-c1cccc(-c2ccccc2)c1. The van der Waals surface area contributed by atoms with E-state index in [4.69, 9.17) is 11.6 Å². The van der Waals surface area contributed by atoms with Crippen molar-refractivity contribution in [3.63, 3.8) is 0 Å². The van der Waals surface area contributed by atoms with Gasteiger partial charge in [0.15, 0.2) is 5.15 Å². The smallest absolute Gasteiger partial charge is 0.156 e. The summed E-state index contributed by atoms with van der Waals surface area (Å²) < 4.78 is 0. The molecule has 0 amide bonds. The van der Waals surface area contributed by atoms with E-state index in [1.807, 2.05) is 54.6 Å². The third-order valence-electron chi connectivity index (χ3n) is 3.77. The molecule has 0 unspecified atom stereocenters. The maximum absolute atomic E-state index is 6.36. The molecule has 2 nitrogen and oxygen atoms in total. The largest absolute Gasteiger partial charge is 0.243 e. The number of hydrogen-bond donors (Lipinski definition) is 0. The number of nitrogens with zero attached hydrogens (tertiary/aromatic N) is 2. The van der Waals surface area contributed by atoms with Gasteiger partial charge in [-0.05, 0) is 29.3 Å². The molecule has 0 fully saturated rings. The van der Waals surface area contributed by atoms with Crippen LogP contribution in [0.1, 0.15) is 0 Å². The predicted octanol–water partition coefficient (Wildman–Crippen LogP) is 5.62. The lowest BCUT2D eigenvalue weighted by Gasteiger charge is -2.08. The van der Waals surface area contributed by atoms with Crippen molar-refractivity contribution in [2.24, 2.45) is 0 Å². The Balaban J connectivity index is 1.86. The van der Waals surface area contributed by atoms with Gasteiger partial charge in [-0.15, -0.1) is 0 Å². The number of halogens is 1. The second kappa shape index (κ2) is 5.82. The van der Waals surface area contributed by atoms with Crippen LogP contribution in [0, 0.1) is 0 Å². The number of benzene rings is 3. The highest BCUT2D eigenvalue weighted by atomic mass is 35.5. The first-order chi connectivity index (χ1) is 11.3. The number of aromatic nitrogens is 2. The second-order valence-corrected chi connectivity index (χ2v) is 5.66. The van der Waals surface area contributed by atoms with Crippen molar-refractivity contribution >= 4 is 22.6 Å². The highest BCUT2D eigenvalue weighted by Crippen LogP contribution is 2.30. The summed E-state index contributed by atoms with van der Waals surface area (Å²) in [7, 11) is 0. The van der Waals surface area contributed by atoms with Gasteiger partial charge in [0.05, 0.1) is 11.0 Å². The predicted molar refractivity (Wildman–Crippen MR) is 95.4 cm³/mol. The lowest BCUT2D eigenvalue weighted by molar-refractivity contribution is 1.29. The molecule has 0 aliphatic heterocycles. The molecule has 3 aromatic carbocycles. The quantitative estimate of drug-likeness (QED) is 0.480. The fraction of sp³-hybridized carbons (Fsp3) is 0. The Bertz CT molecular complexity index is 981. The summed E-state index contributed by atoms with van der Waals surface area (Å²) in [6.45, 7) is 0. The first-order valence-corrected chi connectivity index (χ1v) is 7.77. The second-order valence-electron chi connectivity index (χ2n) is 5.30. The van der Waals surface area contributed by atoms with Crippen LogP contribution < -0.4 is 0 Å². The first kappa shape index (κ1) is 13.9. The zero-order valence-corrected chi connectivity index (χ0v) is 13.0. The molecule has 0 saturated carbocycles. The summed E-state index contributed by atoms with van der Waals surface area (Å²) in [6.07, 6.45) is 0. The summed E-state index contributed by atoms with van der Waals surface area (Å²) in [5, 5.41) is 0.425. The molecular weight excluding hydrogens is 304 g/mol. The molecule has 0 aliphatic rings. The van der Waals surface area contributed by atoms with Gasteiger partial charge in [0, 0.05) is 5.56 Å². The van der Waals surface area contributed by atoms with E-state index < -0.39 is 0 Å². The van der Waals surface area contributed by atoms with Crippen LogP contribution in [0.2, 0.25) is 5.15 Å². The van der Waals surface area contributed by atoms with Crippen LogP contribution in [0.5, 0.6) is 0 Å². The molecule has 110 valence electrons. The third-order valence-corrected chi connectivity index (χ3v) is 4.03. The van der Waals surface area contributed by atoms with Crippen LogP contribution in [0.25, 0.3) is 33.4 Å². The zero-order chi connectivity index (χ0) is 15.6. The van der Waals surface area contributed by atoms with Crippen LogP contribution in [0.4, 0.5) is 0 Å². The van der Waals surface area contributed by atoms with Crippen LogP contribution in [-0.2, 0) is 0 Å². The van der Waals surface area contributed by atoms with Gasteiger partial charge in [0.1, 0.15) is 5.69 Å². The maximum Gasteiger partial charge on any atom is 0.156 e. The van der Waals surface area contributed by atoms with Gasteiger partial charge in [0.2, 0.25) is 0 Å². The van der Waals surface area contributed by atoms with Gasteiger partial charge in [0.25, 0.3) is 0 Å². The number of fused-ring (bicyclic) bond motifs is 1. The fourth-order valence-electron chi connectivity index (χ4n) is 2.64. The van der Waals surface area contributed by atoms with E-state index in [1.54, 1.807) is 0 Å². The Kier molecular flexibility index (Phi) is 3.52. The molecule has 1 heterocycles. The van der Waals surface area contributed by atoms with Crippen LogP contribution >= 0.6 is 11.6 Å². The first-order valence-electron chi connectivity index (χ1n) is 7.39. The van der Waals surface area contributed by atoms with Gasteiger partial charge >= 0.3 is 0 Å². The molecule has 1 aromatic heterocycles. The van der Waals surface area contributed by atoms with E-state index in [2.05, 4.69) is 34.2 Å². The van der Waals surface area contributed by atoms with E-state index in [-0.39, 0.29) is 0 Å². The van der Waals surface area contributed by atoms with Crippen LogP contribution in [0.15, 0.2) is 78.9 Å². The average Bonchev–Trinajstić information content (AvgIpc) is 2.62. The summed E-state index contributed by atoms with van der Waals surface area (Å²) in [4.78, 5) is 9.14. The van der Waals surface area contributed by atoms with Crippen molar-refractivity contribution in [2.45, 2.75) is 0 Å². The molecule has 3 heteroatoms. The van der Waals surface area contributed by atoms with Gasteiger partial charge in [-0.25, -0.2) is 9.97 Å². The summed E-state index contributed by atoms with van der Waals surface area (Å²) in [6, 6.07) is 26.2. The van der Waals surface area contributed by atoms with Gasteiger partial charge in [-0.2, -0.15) is 0 Å². The van der Waals surface area contributed by atoms with Crippen molar-refractivity contribution in [1.82, 2.24) is 9.97 Å². The minimum Gasteiger partial charge on any atom is -0.243 e. The third kappa shape index (κ3) is 2.69. The van der Waals surface area contributed by atoms with E-state index >= 15 is 0 Å². The van der Waals surface area contributed by atoms with E-state index in [0.717, 1.165) is 22.2 Å². The van der Waals surface area contributed by atoms with Crippen molar-refractivity contribution in [2.75, 3.05) is 0 Å². The van der Waals surface area contributed by atoms with Gasteiger partial charge < -0.3 is 0 Å². The molecule has 0 atom stereocenters.